The van der Waals surface area contributed by atoms with Crippen LogP contribution >= 0.6 is 11.5 Å². The number of ether oxygens (including phenoxy) is 1. The molecule has 1 fully saturated rings. The third-order valence-electron chi connectivity index (χ3n) is 5.97. The number of piperazine rings is 1. The van der Waals surface area contributed by atoms with E-state index in [0.717, 1.165) is 49.1 Å². The minimum Gasteiger partial charge on any atom is -0.494 e. The summed E-state index contributed by atoms with van der Waals surface area (Å²) in [6.45, 7) is 9.22. The first-order valence-electron chi connectivity index (χ1n) is 11.7. The number of hydrogen-bond donors (Lipinski definition) is 0. The molecule has 7 heteroatoms. The highest BCUT2D eigenvalue weighted by Gasteiger charge is 2.29. The normalized spacial score (nSPS) is 16.2. The van der Waals surface area contributed by atoms with Crippen molar-refractivity contribution in [3.05, 3.63) is 71.0 Å². The van der Waals surface area contributed by atoms with E-state index >= 15 is 0 Å². The van der Waals surface area contributed by atoms with Crippen LogP contribution in [0.15, 0.2) is 48.5 Å². The molecule has 2 aromatic carbocycles. The largest absolute Gasteiger partial charge is 0.494 e. The van der Waals surface area contributed by atoms with Gasteiger partial charge in [-0.1, -0.05) is 43.2 Å². The SMILES string of the molecule is CCCCOc1ccc(C(=O)N2CCN(c3nc(Cc4ccc(C)cc4)ns3)CC2C)cc1. The van der Waals surface area contributed by atoms with E-state index in [9.17, 15) is 4.79 Å². The summed E-state index contributed by atoms with van der Waals surface area (Å²) in [5.74, 6) is 1.74. The molecule has 6 nitrogen and oxygen atoms in total. The molecule has 174 valence electrons. The minimum atomic E-state index is 0.0691. The molecule has 0 bridgehead atoms. The van der Waals surface area contributed by atoms with E-state index in [2.05, 4.69) is 54.3 Å². The maximum atomic E-state index is 13.1. The van der Waals surface area contributed by atoms with E-state index < -0.39 is 0 Å². The molecule has 1 amide bonds. The quantitative estimate of drug-likeness (QED) is 0.441. The highest BCUT2D eigenvalue weighted by atomic mass is 32.1. The average Bonchev–Trinajstić information content (AvgIpc) is 3.29. The fourth-order valence-corrected chi connectivity index (χ4v) is 4.68. The van der Waals surface area contributed by atoms with E-state index in [1.165, 1.54) is 22.7 Å². The van der Waals surface area contributed by atoms with Gasteiger partial charge in [0, 0.05) is 49.2 Å². The second-order valence-corrected chi connectivity index (χ2v) is 9.41. The molecule has 1 aromatic heterocycles. The van der Waals surface area contributed by atoms with E-state index in [0.29, 0.717) is 18.7 Å². The molecular weight excluding hydrogens is 432 g/mol. The molecule has 0 N–H and O–H groups in total. The van der Waals surface area contributed by atoms with E-state index in [1.54, 1.807) is 0 Å². The lowest BCUT2D eigenvalue weighted by Crippen LogP contribution is -2.54. The number of rotatable bonds is 8. The van der Waals surface area contributed by atoms with Gasteiger partial charge < -0.3 is 14.5 Å². The van der Waals surface area contributed by atoms with Crippen molar-refractivity contribution in [3.63, 3.8) is 0 Å². The van der Waals surface area contributed by atoms with E-state index in [-0.39, 0.29) is 11.9 Å². The zero-order chi connectivity index (χ0) is 23.2. The highest BCUT2D eigenvalue weighted by Crippen LogP contribution is 2.24. The molecule has 1 unspecified atom stereocenters. The zero-order valence-corrected chi connectivity index (χ0v) is 20.5. The van der Waals surface area contributed by atoms with Gasteiger partial charge in [-0.15, -0.1) is 0 Å². The highest BCUT2D eigenvalue weighted by molar-refractivity contribution is 7.09. The first kappa shape index (κ1) is 23.2. The van der Waals surface area contributed by atoms with Gasteiger partial charge in [-0.05, 0) is 50.1 Å². The Balaban J connectivity index is 1.33. The Labute approximate surface area is 200 Å². The van der Waals surface area contributed by atoms with Gasteiger partial charge in [-0.25, -0.2) is 4.98 Å². The van der Waals surface area contributed by atoms with Gasteiger partial charge in [0.05, 0.1) is 6.61 Å². The van der Waals surface area contributed by atoms with Crippen LogP contribution in [0.5, 0.6) is 5.75 Å². The van der Waals surface area contributed by atoms with Gasteiger partial charge in [-0.3, -0.25) is 4.79 Å². The second kappa shape index (κ2) is 10.8. The van der Waals surface area contributed by atoms with Gasteiger partial charge in [0.15, 0.2) is 0 Å². The molecule has 0 saturated carbocycles. The number of nitrogens with zero attached hydrogens (tertiary/aromatic N) is 4. The molecular formula is C26H32N4O2S. The number of carbonyl (C=O) groups is 1. The van der Waals surface area contributed by atoms with Crippen molar-refractivity contribution in [3.8, 4) is 5.75 Å². The van der Waals surface area contributed by atoms with Crippen LogP contribution in [0, 0.1) is 6.92 Å². The fraction of sp³-hybridized carbons (Fsp3) is 0.423. The Morgan fingerprint density at radius 1 is 1.12 bits per heavy atom. The predicted molar refractivity (Wildman–Crippen MR) is 133 cm³/mol. The molecule has 1 aliphatic heterocycles. The Bertz CT molecular complexity index is 1050. The third kappa shape index (κ3) is 5.90. The number of benzene rings is 2. The lowest BCUT2D eigenvalue weighted by Gasteiger charge is -2.39. The maximum absolute atomic E-state index is 13.1. The summed E-state index contributed by atoms with van der Waals surface area (Å²) in [5, 5.41) is 0.935. The lowest BCUT2D eigenvalue weighted by atomic mass is 10.1. The van der Waals surface area contributed by atoms with Crippen LogP contribution in [0.4, 0.5) is 5.13 Å². The lowest BCUT2D eigenvalue weighted by molar-refractivity contribution is 0.0674. The molecule has 4 rings (SSSR count). The molecule has 1 saturated heterocycles. The Morgan fingerprint density at radius 2 is 1.88 bits per heavy atom. The molecule has 0 radical (unpaired) electrons. The third-order valence-corrected chi connectivity index (χ3v) is 6.78. The average molecular weight is 465 g/mol. The van der Waals surface area contributed by atoms with Crippen molar-refractivity contribution in [2.45, 2.75) is 46.1 Å². The van der Waals surface area contributed by atoms with Crippen LogP contribution < -0.4 is 9.64 Å². The van der Waals surface area contributed by atoms with Crippen molar-refractivity contribution >= 4 is 22.6 Å². The fourth-order valence-electron chi connectivity index (χ4n) is 3.96. The van der Waals surface area contributed by atoms with Gasteiger partial charge in [-0.2, -0.15) is 4.37 Å². The number of unbranched alkanes of at least 4 members (excludes halogenated alkanes) is 1. The van der Waals surface area contributed by atoms with Crippen molar-refractivity contribution < 1.29 is 9.53 Å². The first-order chi connectivity index (χ1) is 16.0. The van der Waals surface area contributed by atoms with Gasteiger partial charge in [0.1, 0.15) is 11.6 Å². The number of anilines is 1. The standard InChI is InChI=1S/C26H32N4O2S/c1-4-5-16-32-23-12-10-22(11-13-23)25(31)30-15-14-29(18-20(30)3)26-27-24(28-33-26)17-21-8-6-19(2)7-9-21/h6-13,20H,4-5,14-18H2,1-3H3. The molecule has 2 heterocycles. The summed E-state index contributed by atoms with van der Waals surface area (Å²) < 4.78 is 10.3. The number of aromatic nitrogens is 2. The van der Waals surface area contributed by atoms with E-state index in [1.807, 2.05) is 29.2 Å². The Kier molecular flexibility index (Phi) is 7.60. The molecule has 33 heavy (non-hydrogen) atoms. The summed E-state index contributed by atoms with van der Waals surface area (Å²) in [6.07, 6.45) is 2.87. The summed E-state index contributed by atoms with van der Waals surface area (Å²) in [5.41, 5.74) is 3.17. The predicted octanol–water partition coefficient (Wildman–Crippen LogP) is 4.97. The topological polar surface area (TPSA) is 58.6 Å². The van der Waals surface area contributed by atoms with Gasteiger partial charge in [0.2, 0.25) is 5.13 Å². The molecule has 3 aromatic rings. The Morgan fingerprint density at radius 3 is 2.58 bits per heavy atom. The molecule has 1 aliphatic rings. The van der Waals surface area contributed by atoms with Gasteiger partial charge in [0.25, 0.3) is 5.91 Å². The zero-order valence-electron chi connectivity index (χ0n) is 19.7. The maximum Gasteiger partial charge on any atom is 0.254 e. The van der Waals surface area contributed by atoms with Crippen molar-refractivity contribution in [2.24, 2.45) is 0 Å². The van der Waals surface area contributed by atoms with Crippen LogP contribution in [-0.2, 0) is 6.42 Å². The van der Waals surface area contributed by atoms with Crippen LogP contribution in [-0.4, -0.2) is 52.4 Å². The van der Waals surface area contributed by atoms with Crippen LogP contribution in [0.25, 0.3) is 0 Å². The van der Waals surface area contributed by atoms with Crippen molar-refractivity contribution in [1.29, 1.82) is 0 Å². The molecule has 0 aliphatic carbocycles. The smallest absolute Gasteiger partial charge is 0.254 e. The number of carbonyl (C=O) groups excluding carboxylic acids is 1. The summed E-state index contributed by atoms with van der Waals surface area (Å²) in [4.78, 5) is 22.1. The van der Waals surface area contributed by atoms with Crippen LogP contribution in [0.2, 0.25) is 0 Å². The summed E-state index contributed by atoms with van der Waals surface area (Å²) >= 11 is 1.44. The molecule has 0 spiro atoms. The summed E-state index contributed by atoms with van der Waals surface area (Å²) in [6, 6.07) is 16.1. The Hall–Kier alpha value is -2.93. The molecule has 1 atom stereocenters. The van der Waals surface area contributed by atoms with E-state index in [4.69, 9.17) is 9.72 Å². The van der Waals surface area contributed by atoms with Crippen molar-refractivity contribution in [2.75, 3.05) is 31.1 Å². The monoisotopic (exact) mass is 464 g/mol. The number of amides is 1. The van der Waals surface area contributed by atoms with Gasteiger partial charge >= 0.3 is 0 Å². The van der Waals surface area contributed by atoms with Crippen molar-refractivity contribution in [1.82, 2.24) is 14.3 Å². The van der Waals surface area contributed by atoms with Crippen LogP contribution in [0.1, 0.15) is 54.0 Å². The minimum absolute atomic E-state index is 0.0691. The summed E-state index contributed by atoms with van der Waals surface area (Å²) in [7, 11) is 0. The second-order valence-electron chi connectivity index (χ2n) is 8.68. The first-order valence-corrected chi connectivity index (χ1v) is 12.5. The number of aryl methyl sites for hydroxylation is 1. The van der Waals surface area contributed by atoms with Crippen LogP contribution in [0.3, 0.4) is 0 Å². The number of hydrogen-bond acceptors (Lipinski definition) is 6.